The Morgan fingerprint density at radius 2 is 1.75 bits per heavy atom. The lowest BCUT2D eigenvalue weighted by atomic mass is 10.1. The molecule has 7 heteroatoms. The van der Waals surface area contributed by atoms with Crippen molar-refractivity contribution in [2.24, 2.45) is 0 Å². The van der Waals surface area contributed by atoms with Crippen LogP contribution in [0, 0.1) is 5.82 Å². The fourth-order valence-corrected chi connectivity index (χ4v) is 4.32. The first-order valence-electron chi connectivity index (χ1n) is 9.25. The van der Waals surface area contributed by atoms with Gasteiger partial charge in [-0.15, -0.1) is 10.2 Å². The molecule has 1 heterocycles. The first-order chi connectivity index (χ1) is 13.6. The van der Waals surface area contributed by atoms with Crippen molar-refractivity contribution in [3.63, 3.8) is 0 Å². The number of carbonyl (C=O) groups excluding carboxylic acids is 1. The average molecular weight is 416 g/mol. The molecular formula is C21H22FN3OS2. The van der Waals surface area contributed by atoms with Gasteiger partial charge in [-0.1, -0.05) is 67.1 Å². The number of hydrogen-bond acceptors (Lipinski definition) is 5. The molecule has 0 fully saturated rings. The molecular weight excluding hydrogens is 393 g/mol. The number of halogens is 1. The molecule has 0 unspecified atom stereocenters. The predicted molar refractivity (Wildman–Crippen MR) is 113 cm³/mol. The number of aromatic nitrogens is 2. The highest BCUT2D eigenvalue weighted by atomic mass is 32.2. The van der Waals surface area contributed by atoms with Crippen molar-refractivity contribution in [2.75, 3.05) is 5.32 Å². The summed E-state index contributed by atoms with van der Waals surface area (Å²) in [5, 5.41) is 11.4. The second kappa shape index (κ2) is 10.3. The molecule has 1 N–H and O–H groups in total. The largest absolute Gasteiger partial charge is 0.296 e. The summed E-state index contributed by atoms with van der Waals surface area (Å²) in [6.45, 7) is 2.19. The van der Waals surface area contributed by atoms with E-state index in [1.165, 1.54) is 60.1 Å². The van der Waals surface area contributed by atoms with Gasteiger partial charge in [0.15, 0.2) is 4.34 Å². The van der Waals surface area contributed by atoms with Crippen molar-refractivity contribution in [3.8, 4) is 0 Å². The quantitative estimate of drug-likeness (QED) is 0.266. The zero-order chi connectivity index (χ0) is 19.8. The summed E-state index contributed by atoms with van der Waals surface area (Å²) in [6, 6.07) is 14.1. The molecule has 0 aliphatic heterocycles. The number of thioether (sulfide) groups is 1. The predicted octanol–water partition coefficient (Wildman–Crippen LogP) is 5.95. The van der Waals surface area contributed by atoms with Crippen LogP contribution in [0.1, 0.15) is 47.7 Å². The number of rotatable bonds is 9. The zero-order valence-electron chi connectivity index (χ0n) is 15.7. The van der Waals surface area contributed by atoms with Gasteiger partial charge in [0.05, 0.1) is 0 Å². The summed E-state index contributed by atoms with van der Waals surface area (Å²) >= 11 is 2.84. The van der Waals surface area contributed by atoms with Crippen LogP contribution >= 0.6 is 23.1 Å². The minimum Gasteiger partial charge on any atom is -0.296 e. The summed E-state index contributed by atoms with van der Waals surface area (Å²) in [4.78, 5) is 12.4. The van der Waals surface area contributed by atoms with Crippen molar-refractivity contribution >= 4 is 34.1 Å². The Morgan fingerprint density at radius 1 is 1.04 bits per heavy atom. The molecule has 1 aromatic heterocycles. The molecule has 1 amide bonds. The van der Waals surface area contributed by atoms with E-state index in [1.54, 1.807) is 12.1 Å². The third-order valence-electron chi connectivity index (χ3n) is 4.19. The van der Waals surface area contributed by atoms with Gasteiger partial charge in [-0.25, -0.2) is 4.39 Å². The SMILES string of the molecule is CCCCCc1ccc(C(=O)Nc2nnc(SCc3ccc(F)cc3)s2)cc1. The van der Waals surface area contributed by atoms with E-state index in [0.717, 1.165) is 16.3 Å². The van der Waals surface area contributed by atoms with Gasteiger partial charge in [0.1, 0.15) is 5.82 Å². The van der Waals surface area contributed by atoms with Crippen LogP contribution in [0.3, 0.4) is 0 Å². The van der Waals surface area contributed by atoms with E-state index in [-0.39, 0.29) is 11.7 Å². The lowest BCUT2D eigenvalue weighted by molar-refractivity contribution is 0.102. The Balaban J connectivity index is 1.51. The van der Waals surface area contributed by atoms with Crippen molar-refractivity contribution in [1.29, 1.82) is 0 Å². The summed E-state index contributed by atoms with van der Waals surface area (Å²) in [5.41, 5.74) is 2.86. The summed E-state index contributed by atoms with van der Waals surface area (Å²) in [5.74, 6) is 0.234. The molecule has 28 heavy (non-hydrogen) atoms. The summed E-state index contributed by atoms with van der Waals surface area (Å²) in [7, 11) is 0. The molecule has 0 bridgehead atoms. The second-order valence-electron chi connectivity index (χ2n) is 6.40. The van der Waals surface area contributed by atoms with Gasteiger partial charge in [0.25, 0.3) is 5.91 Å². The Kier molecular flexibility index (Phi) is 7.56. The van der Waals surface area contributed by atoms with Crippen LogP contribution in [0.2, 0.25) is 0 Å². The van der Waals surface area contributed by atoms with E-state index in [2.05, 4.69) is 22.4 Å². The summed E-state index contributed by atoms with van der Waals surface area (Å²) in [6.07, 6.45) is 4.64. The number of benzene rings is 2. The van der Waals surface area contributed by atoms with Gasteiger partial charge in [0, 0.05) is 11.3 Å². The second-order valence-corrected chi connectivity index (χ2v) is 8.60. The maximum absolute atomic E-state index is 12.9. The van der Waals surface area contributed by atoms with E-state index in [4.69, 9.17) is 0 Å². The average Bonchev–Trinajstić information content (AvgIpc) is 3.15. The van der Waals surface area contributed by atoms with Crippen molar-refractivity contribution in [1.82, 2.24) is 10.2 Å². The number of nitrogens with zero attached hydrogens (tertiary/aromatic N) is 2. The Morgan fingerprint density at radius 3 is 2.46 bits per heavy atom. The van der Waals surface area contributed by atoms with Crippen LogP contribution in [-0.4, -0.2) is 16.1 Å². The molecule has 0 saturated carbocycles. The number of nitrogens with one attached hydrogen (secondary N) is 1. The van der Waals surface area contributed by atoms with E-state index in [9.17, 15) is 9.18 Å². The molecule has 0 atom stereocenters. The van der Waals surface area contributed by atoms with Crippen LogP contribution < -0.4 is 5.32 Å². The summed E-state index contributed by atoms with van der Waals surface area (Å²) < 4.78 is 13.7. The van der Waals surface area contributed by atoms with Gasteiger partial charge < -0.3 is 0 Å². The number of amides is 1. The van der Waals surface area contributed by atoms with E-state index >= 15 is 0 Å². The smallest absolute Gasteiger partial charge is 0.257 e. The highest BCUT2D eigenvalue weighted by Gasteiger charge is 2.11. The normalized spacial score (nSPS) is 10.8. The molecule has 0 saturated heterocycles. The molecule has 4 nitrogen and oxygen atoms in total. The Labute approximate surface area is 172 Å². The van der Waals surface area contributed by atoms with E-state index in [0.29, 0.717) is 16.4 Å². The number of anilines is 1. The highest BCUT2D eigenvalue weighted by molar-refractivity contribution is 8.00. The van der Waals surface area contributed by atoms with Crippen LogP contribution in [0.25, 0.3) is 0 Å². The van der Waals surface area contributed by atoms with Gasteiger partial charge in [0.2, 0.25) is 5.13 Å². The monoisotopic (exact) mass is 415 g/mol. The number of carbonyl (C=O) groups is 1. The molecule has 2 aromatic carbocycles. The third-order valence-corrected chi connectivity index (χ3v) is 6.23. The molecule has 0 spiro atoms. The topological polar surface area (TPSA) is 54.9 Å². The van der Waals surface area contributed by atoms with Crippen LogP contribution in [0.15, 0.2) is 52.9 Å². The standard InChI is InChI=1S/C21H22FN3OS2/c1-2-3-4-5-15-6-10-17(11-7-15)19(26)23-20-24-25-21(28-20)27-14-16-8-12-18(22)13-9-16/h6-13H,2-5,14H2,1H3,(H,23,24,26). The molecule has 3 rings (SSSR count). The van der Waals surface area contributed by atoms with Gasteiger partial charge in [-0.3, -0.25) is 10.1 Å². The minimum absolute atomic E-state index is 0.189. The Hall–Kier alpha value is -2.25. The minimum atomic E-state index is -0.247. The molecule has 0 aliphatic carbocycles. The maximum Gasteiger partial charge on any atom is 0.257 e. The molecule has 3 aromatic rings. The first kappa shape index (κ1) is 20.5. The molecule has 146 valence electrons. The maximum atomic E-state index is 12.9. The Bertz CT molecular complexity index is 895. The van der Waals surface area contributed by atoms with Gasteiger partial charge in [-0.2, -0.15) is 0 Å². The third kappa shape index (κ3) is 6.14. The van der Waals surface area contributed by atoms with E-state index < -0.39 is 0 Å². The first-order valence-corrected chi connectivity index (χ1v) is 11.1. The fourth-order valence-electron chi connectivity index (χ4n) is 2.62. The molecule has 0 radical (unpaired) electrons. The zero-order valence-corrected chi connectivity index (χ0v) is 17.3. The van der Waals surface area contributed by atoms with Crippen molar-refractivity contribution in [2.45, 2.75) is 42.7 Å². The molecule has 0 aliphatic rings. The number of hydrogen-bond donors (Lipinski definition) is 1. The van der Waals surface area contributed by atoms with Crippen molar-refractivity contribution in [3.05, 3.63) is 71.0 Å². The number of unbranched alkanes of at least 4 members (excludes halogenated alkanes) is 2. The number of aryl methyl sites for hydroxylation is 1. The van der Waals surface area contributed by atoms with Gasteiger partial charge in [-0.05, 0) is 48.2 Å². The van der Waals surface area contributed by atoms with Crippen LogP contribution in [0.4, 0.5) is 9.52 Å². The van der Waals surface area contributed by atoms with Crippen LogP contribution in [0.5, 0.6) is 0 Å². The van der Waals surface area contributed by atoms with Crippen LogP contribution in [-0.2, 0) is 12.2 Å². The lowest BCUT2D eigenvalue weighted by Crippen LogP contribution is -2.11. The highest BCUT2D eigenvalue weighted by Crippen LogP contribution is 2.28. The fraction of sp³-hybridized carbons (Fsp3) is 0.286. The van der Waals surface area contributed by atoms with Crippen molar-refractivity contribution < 1.29 is 9.18 Å². The lowest BCUT2D eigenvalue weighted by Gasteiger charge is -2.04. The van der Waals surface area contributed by atoms with Gasteiger partial charge >= 0.3 is 0 Å². The van der Waals surface area contributed by atoms with E-state index in [1.807, 2.05) is 24.3 Å².